The number of nitrogen functional groups attached to an aromatic ring is 1. The third-order valence-electron chi connectivity index (χ3n) is 9.19. The number of nitrogens with zero attached hydrogens (tertiary/aromatic N) is 6. The minimum Gasteiger partial charge on any atom is -0.382 e. The number of anilines is 3. The van der Waals surface area contributed by atoms with Crippen LogP contribution in [0.1, 0.15) is 49.8 Å². The number of benzene rings is 1. The summed E-state index contributed by atoms with van der Waals surface area (Å²) in [5.41, 5.74) is 11.7. The number of fused-ring (bicyclic) bond motifs is 1. The Bertz CT molecular complexity index is 1390. The van der Waals surface area contributed by atoms with Gasteiger partial charge in [-0.25, -0.2) is 19.3 Å². The summed E-state index contributed by atoms with van der Waals surface area (Å²) in [6.07, 6.45) is 6.52. The fourth-order valence-corrected chi connectivity index (χ4v) is 6.86. The number of likely N-dealkylation sites (N-methyl/N-ethyl adjacent to an activating group) is 1. The van der Waals surface area contributed by atoms with Crippen molar-refractivity contribution in [2.45, 2.75) is 57.0 Å². The number of piperazine rings is 1. The van der Waals surface area contributed by atoms with Gasteiger partial charge in [-0.2, -0.15) is 0 Å². The van der Waals surface area contributed by atoms with Gasteiger partial charge >= 0.3 is 0 Å². The van der Waals surface area contributed by atoms with Gasteiger partial charge in [0.05, 0.1) is 5.69 Å². The van der Waals surface area contributed by atoms with Gasteiger partial charge in [0.15, 0.2) is 5.82 Å². The molecule has 2 unspecified atom stereocenters. The number of nitrogens with two attached hydrogens (primary N) is 1. The van der Waals surface area contributed by atoms with Crippen LogP contribution in [0, 0.1) is 0 Å². The first-order valence-electron chi connectivity index (χ1n) is 15.4. The Balaban J connectivity index is 1.29. The number of nitrogens with one attached hydrogen (secondary N) is 1. The van der Waals surface area contributed by atoms with E-state index in [9.17, 15) is 0 Å². The second-order valence-electron chi connectivity index (χ2n) is 11.9. The van der Waals surface area contributed by atoms with E-state index >= 15 is 4.39 Å². The van der Waals surface area contributed by atoms with Gasteiger partial charge in [-0.15, -0.1) is 0 Å². The number of hydrogen-bond donors (Lipinski definition) is 2. The first kappa shape index (κ1) is 29.4. The van der Waals surface area contributed by atoms with Crippen molar-refractivity contribution in [3.63, 3.8) is 0 Å². The molecule has 0 spiro atoms. The van der Waals surface area contributed by atoms with Gasteiger partial charge < -0.3 is 25.6 Å². The number of hydrogen-bond acceptors (Lipinski definition) is 9. The molecule has 6 rings (SSSR count). The molecular formula is C31H44FN8OP. The Morgan fingerprint density at radius 1 is 1.05 bits per heavy atom. The van der Waals surface area contributed by atoms with Crippen LogP contribution in [0.2, 0.25) is 0 Å². The Kier molecular flexibility index (Phi) is 9.05. The fraction of sp³-hybridized carbons (Fsp3) is 0.581. The summed E-state index contributed by atoms with van der Waals surface area (Å²) in [5.74, 6) is -0.0619. The third kappa shape index (κ3) is 6.18. The van der Waals surface area contributed by atoms with Gasteiger partial charge in [0.25, 0.3) is 0 Å². The maximum atomic E-state index is 15.2. The molecule has 3 aliphatic rings. The average molecular weight is 595 g/mol. The molecule has 0 bridgehead atoms. The standard InChI is InChI=1S/C31H44FN8OP/c1-3-25-31(35-21-8-16-41-17-9-21)37-27-24(19-34-30(33)28(27)36-25)20-4-5-26(23(18-20)29(32)42)40-10-6-22(7-11-40)39-14-12-38(2)13-15-39/h4-5,18-19,21-22,29H,3,6-17,42H2,1-2H3,(H2,33,34)(H,35,37). The molecule has 3 saturated heterocycles. The van der Waals surface area contributed by atoms with E-state index in [1.54, 1.807) is 6.20 Å². The molecule has 1 aromatic carbocycles. The monoisotopic (exact) mass is 594 g/mol. The summed E-state index contributed by atoms with van der Waals surface area (Å²) in [7, 11) is 4.54. The first-order chi connectivity index (χ1) is 20.4. The van der Waals surface area contributed by atoms with Crippen LogP contribution in [-0.4, -0.2) is 96.4 Å². The van der Waals surface area contributed by atoms with Gasteiger partial charge in [-0.1, -0.05) is 22.2 Å². The lowest BCUT2D eigenvalue weighted by Crippen LogP contribution is -2.52. The number of aromatic nitrogens is 3. The number of halogens is 1. The lowest BCUT2D eigenvalue weighted by Gasteiger charge is -2.43. The highest BCUT2D eigenvalue weighted by Crippen LogP contribution is 2.39. The first-order valence-corrected chi connectivity index (χ1v) is 16.1. The zero-order valence-electron chi connectivity index (χ0n) is 24.9. The summed E-state index contributed by atoms with van der Waals surface area (Å²) in [4.78, 5) is 21.8. The normalized spacial score (nSPS) is 20.7. The molecule has 9 nitrogen and oxygen atoms in total. The highest BCUT2D eigenvalue weighted by atomic mass is 31.0. The summed E-state index contributed by atoms with van der Waals surface area (Å²) >= 11 is 0. The van der Waals surface area contributed by atoms with Crippen molar-refractivity contribution in [3.05, 3.63) is 35.7 Å². The van der Waals surface area contributed by atoms with Crippen LogP contribution >= 0.6 is 9.24 Å². The van der Waals surface area contributed by atoms with Crippen LogP contribution < -0.4 is 16.0 Å². The molecule has 3 N–H and O–H groups in total. The second kappa shape index (κ2) is 12.9. The van der Waals surface area contributed by atoms with E-state index in [1.807, 2.05) is 6.07 Å². The van der Waals surface area contributed by atoms with Gasteiger partial charge in [0.1, 0.15) is 22.8 Å². The smallest absolute Gasteiger partial charge is 0.151 e. The van der Waals surface area contributed by atoms with Crippen LogP contribution in [0.15, 0.2) is 24.4 Å². The van der Waals surface area contributed by atoms with Crippen LogP contribution in [0.3, 0.4) is 0 Å². The van der Waals surface area contributed by atoms with Gasteiger partial charge in [-0.3, -0.25) is 4.90 Å². The number of ether oxygens (including phenoxy) is 1. The molecule has 2 atom stereocenters. The molecule has 0 amide bonds. The lowest BCUT2D eigenvalue weighted by atomic mass is 9.98. The molecule has 0 saturated carbocycles. The van der Waals surface area contributed by atoms with Crippen LogP contribution in [0.4, 0.5) is 21.7 Å². The Hall–Kier alpha value is -2.65. The van der Waals surface area contributed by atoms with Crippen molar-refractivity contribution in [1.29, 1.82) is 0 Å². The van der Waals surface area contributed by atoms with Crippen molar-refractivity contribution in [1.82, 2.24) is 24.8 Å². The molecule has 11 heteroatoms. The van der Waals surface area contributed by atoms with Crippen molar-refractivity contribution in [3.8, 4) is 11.1 Å². The van der Waals surface area contributed by atoms with E-state index in [-0.39, 0.29) is 6.04 Å². The highest BCUT2D eigenvalue weighted by molar-refractivity contribution is 7.16. The van der Waals surface area contributed by atoms with Gasteiger partial charge in [-0.05, 0) is 56.8 Å². The van der Waals surface area contributed by atoms with Crippen LogP contribution in [-0.2, 0) is 11.2 Å². The van der Waals surface area contributed by atoms with E-state index in [4.69, 9.17) is 20.4 Å². The number of aryl methyl sites for hydroxylation is 1. The summed E-state index contributed by atoms with van der Waals surface area (Å²) in [5, 5.41) is 3.61. The molecule has 5 heterocycles. The summed E-state index contributed by atoms with van der Waals surface area (Å²) in [6.45, 7) is 9.95. The van der Waals surface area contributed by atoms with E-state index in [0.717, 1.165) is 113 Å². The Labute approximate surface area is 250 Å². The molecular weight excluding hydrogens is 550 g/mol. The minimum atomic E-state index is -1.19. The minimum absolute atomic E-state index is 0.286. The van der Waals surface area contributed by atoms with Crippen LogP contribution in [0.25, 0.3) is 22.2 Å². The number of alkyl halides is 1. The number of piperidine rings is 1. The van der Waals surface area contributed by atoms with Crippen molar-refractivity contribution < 1.29 is 9.13 Å². The zero-order valence-corrected chi connectivity index (χ0v) is 26.0. The fourth-order valence-electron chi connectivity index (χ4n) is 6.59. The molecule has 2 aromatic heterocycles. The van der Waals surface area contributed by atoms with E-state index in [1.165, 1.54) is 0 Å². The third-order valence-corrected chi connectivity index (χ3v) is 9.55. The Morgan fingerprint density at radius 3 is 2.48 bits per heavy atom. The van der Waals surface area contributed by atoms with E-state index in [0.29, 0.717) is 28.5 Å². The molecule has 3 aromatic rings. The molecule has 0 radical (unpaired) electrons. The zero-order chi connectivity index (χ0) is 29.2. The molecule has 3 aliphatic heterocycles. The largest absolute Gasteiger partial charge is 0.382 e. The second-order valence-corrected chi connectivity index (χ2v) is 12.5. The SMILES string of the molecule is CCc1nc2c(N)ncc(-c3ccc(N4CCC(N5CCN(C)CC5)CC4)c(C(F)P)c3)c2nc1NC1CCOCC1. The van der Waals surface area contributed by atoms with Gasteiger partial charge in [0, 0.05) is 87.6 Å². The maximum Gasteiger partial charge on any atom is 0.151 e. The summed E-state index contributed by atoms with van der Waals surface area (Å²) in [6, 6.07) is 6.97. The molecule has 3 fully saturated rings. The average Bonchev–Trinajstić information content (AvgIpc) is 3.02. The number of pyridine rings is 1. The summed E-state index contributed by atoms with van der Waals surface area (Å²) < 4.78 is 20.7. The highest BCUT2D eigenvalue weighted by Gasteiger charge is 2.28. The predicted octanol–water partition coefficient (Wildman–Crippen LogP) is 4.49. The number of rotatable bonds is 7. The van der Waals surface area contributed by atoms with Crippen molar-refractivity contribution in [2.75, 3.05) is 75.5 Å². The molecule has 0 aliphatic carbocycles. The van der Waals surface area contributed by atoms with Gasteiger partial charge in [0.2, 0.25) is 0 Å². The maximum absolute atomic E-state index is 15.2. The van der Waals surface area contributed by atoms with Crippen molar-refractivity contribution >= 4 is 37.6 Å². The topological polar surface area (TPSA) is 95.7 Å². The van der Waals surface area contributed by atoms with Crippen LogP contribution in [0.5, 0.6) is 0 Å². The molecule has 226 valence electrons. The van der Waals surface area contributed by atoms with E-state index in [2.05, 4.69) is 60.3 Å². The van der Waals surface area contributed by atoms with E-state index < -0.39 is 5.91 Å². The predicted molar refractivity (Wildman–Crippen MR) is 172 cm³/mol. The molecule has 42 heavy (non-hydrogen) atoms. The van der Waals surface area contributed by atoms with Crippen molar-refractivity contribution in [2.24, 2.45) is 0 Å². The Morgan fingerprint density at radius 2 is 1.79 bits per heavy atom. The lowest BCUT2D eigenvalue weighted by molar-refractivity contribution is 0.0903. The quantitative estimate of drug-likeness (QED) is 0.384.